The van der Waals surface area contributed by atoms with E-state index < -0.39 is 40.9 Å². The van der Waals surface area contributed by atoms with Gasteiger partial charge in [-0.2, -0.15) is 26.3 Å². The summed E-state index contributed by atoms with van der Waals surface area (Å²) in [5, 5.41) is 4.45. The van der Waals surface area contributed by atoms with Gasteiger partial charge < -0.3 is 24.8 Å². The zero-order valence-electron chi connectivity index (χ0n) is 19.9. The predicted octanol–water partition coefficient (Wildman–Crippen LogP) is 6.12. The molecule has 0 aliphatic carbocycles. The van der Waals surface area contributed by atoms with Gasteiger partial charge in [-0.05, 0) is 60.2 Å². The van der Waals surface area contributed by atoms with Crippen molar-refractivity contribution < 1.29 is 50.1 Å². The molecule has 7 nitrogen and oxygen atoms in total. The fraction of sp³-hybridized carbons (Fsp3) is 0.154. The average Bonchev–Trinajstić information content (AvgIpc) is 3.35. The summed E-state index contributed by atoms with van der Waals surface area (Å²) < 4.78 is 94.6. The fourth-order valence-electron chi connectivity index (χ4n) is 3.58. The molecule has 3 aromatic carbocycles. The van der Waals surface area contributed by atoms with Crippen LogP contribution in [0.3, 0.4) is 0 Å². The molecule has 1 aliphatic rings. The van der Waals surface area contributed by atoms with Crippen LogP contribution in [0.1, 0.15) is 16.7 Å². The molecule has 0 spiro atoms. The van der Waals surface area contributed by atoms with E-state index in [4.69, 9.17) is 14.2 Å². The highest BCUT2D eigenvalue weighted by molar-refractivity contribution is 6.28. The van der Waals surface area contributed by atoms with Crippen molar-refractivity contribution in [2.24, 2.45) is 0 Å². The topological polar surface area (TPSA) is 85.9 Å². The number of carbonyl (C=O) groups is 2. The Balaban J connectivity index is 1.71. The zero-order valence-corrected chi connectivity index (χ0v) is 19.9. The lowest BCUT2D eigenvalue weighted by molar-refractivity contribution is -0.138. The summed E-state index contributed by atoms with van der Waals surface area (Å²) in [7, 11) is 1.34. The number of benzene rings is 3. The summed E-state index contributed by atoms with van der Waals surface area (Å²) in [4.78, 5) is 26.3. The maximum absolute atomic E-state index is 13.1. The highest BCUT2D eigenvalue weighted by Crippen LogP contribution is 2.42. The Bertz CT molecular complexity index is 1380. The smallest absolute Gasteiger partial charge is 0.416 e. The molecule has 204 valence electrons. The lowest BCUT2D eigenvalue weighted by Gasteiger charge is -2.13. The summed E-state index contributed by atoms with van der Waals surface area (Å²) in [6.45, 7) is -0.113. The van der Waals surface area contributed by atoms with Gasteiger partial charge in [0.2, 0.25) is 12.5 Å². The van der Waals surface area contributed by atoms with Gasteiger partial charge in [-0.15, -0.1) is 0 Å². The molecule has 0 aromatic heterocycles. The first-order valence-electron chi connectivity index (χ1n) is 11.0. The number of hydrogen-bond acceptors (Lipinski definition) is 5. The second-order valence-corrected chi connectivity index (χ2v) is 8.08. The number of nitrogens with one attached hydrogen (secondary N) is 2. The molecule has 0 fully saturated rings. The van der Waals surface area contributed by atoms with Gasteiger partial charge in [0.05, 0.1) is 18.2 Å². The number of hydrogen-bond donors (Lipinski definition) is 2. The minimum atomic E-state index is -4.69. The maximum atomic E-state index is 13.1. The summed E-state index contributed by atoms with van der Waals surface area (Å²) in [5.41, 5.74) is -3.05. The Labute approximate surface area is 217 Å². The summed E-state index contributed by atoms with van der Waals surface area (Å²) in [6, 6.07) is 10.2. The largest absolute Gasteiger partial charge is 0.493 e. The van der Waals surface area contributed by atoms with Crippen LogP contribution < -0.4 is 24.8 Å². The van der Waals surface area contributed by atoms with Crippen molar-refractivity contribution >= 4 is 29.3 Å². The van der Waals surface area contributed by atoms with Gasteiger partial charge in [-0.3, -0.25) is 9.59 Å². The third-order valence-electron chi connectivity index (χ3n) is 5.38. The number of anilines is 2. The van der Waals surface area contributed by atoms with E-state index in [2.05, 4.69) is 10.6 Å². The number of methoxy groups -OCH3 is 1. The number of halogens is 6. The highest BCUT2D eigenvalue weighted by Gasteiger charge is 2.32. The van der Waals surface area contributed by atoms with Crippen molar-refractivity contribution in [3.8, 4) is 17.2 Å². The Morgan fingerprint density at radius 1 is 0.821 bits per heavy atom. The first kappa shape index (κ1) is 27.4. The third kappa shape index (κ3) is 6.43. The quantitative estimate of drug-likeness (QED) is 0.167. The fourth-order valence-corrected chi connectivity index (χ4v) is 3.58. The molecule has 0 bridgehead atoms. The van der Waals surface area contributed by atoms with E-state index >= 15 is 0 Å². The van der Waals surface area contributed by atoms with E-state index in [1.54, 1.807) is 0 Å². The van der Waals surface area contributed by atoms with Crippen LogP contribution >= 0.6 is 0 Å². The zero-order chi connectivity index (χ0) is 28.4. The van der Waals surface area contributed by atoms with Crippen molar-refractivity contribution in [1.82, 2.24) is 0 Å². The van der Waals surface area contributed by atoms with Crippen LogP contribution in [0.2, 0.25) is 0 Å². The molecule has 0 unspecified atom stereocenters. The van der Waals surface area contributed by atoms with Gasteiger partial charge in [0, 0.05) is 11.4 Å². The second kappa shape index (κ2) is 10.6. The second-order valence-electron chi connectivity index (χ2n) is 8.08. The summed E-state index contributed by atoms with van der Waals surface area (Å²) in [5.74, 6) is -1.55. The van der Waals surface area contributed by atoms with Crippen molar-refractivity contribution in [2.45, 2.75) is 12.4 Å². The molecule has 1 aliphatic heterocycles. The molecule has 0 saturated carbocycles. The van der Waals surface area contributed by atoms with Crippen molar-refractivity contribution in [3.63, 3.8) is 0 Å². The monoisotopic (exact) mass is 552 g/mol. The van der Waals surface area contributed by atoms with Crippen LogP contribution in [-0.4, -0.2) is 25.7 Å². The molecule has 4 rings (SSSR count). The molecule has 1 heterocycles. The van der Waals surface area contributed by atoms with Gasteiger partial charge in [0.25, 0.3) is 11.8 Å². The van der Waals surface area contributed by atoms with Gasteiger partial charge in [0.1, 0.15) is 5.57 Å². The predicted molar refractivity (Wildman–Crippen MR) is 127 cm³/mol. The normalized spacial score (nSPS) is 12.5. The van der Waals surface area contributed by atoms with E-state index in [0.717, 1.165) is 30.3 Å². The summed E-state index contributed by atoms with van der Waals surface area (Å²) in [6.07, 6.45) is -8.30. The lowest BCUT2D eigenvalue weighted by Crippen LogP contribution is -2.25. The molecular formula is C26H18F6N2O5. The first-order valence-corrected chi connectivity index (χ1v) is 11.0. The van der Waals surface area contributed by atoms with E-state index in [1.807, 2.05) is 0 Å². The van der Waals surface area contributed by atoms with Crippen LogP contribution in [0, 0.1) is 0 Å². The number of ether oxygens (including phenoxy) is 3. The molecule has 0 radical (unpaired) electrons. The van der Waals surface area contributed by atoms with Crippen molar-refractivity contribution in [2.75, 3.05) is 24.5 Å². The number of carbonyl (C=O) groups excluding carboxylic acids is 2. The Hall–Kier alpha value is -4.68. The standard InChI is InChI=1S/C26H18F6N2O5/c1-37-20-9-14(10-21-22(20)39-13-38-21)8-19(23(35)33-17-6-2-4-15(11-17)25(27,28)29)24(36)34-18-7-3-5-16(12-18)26(30,31)32/h2-12H,13H2,1H3,(H,33,35)(H,34,36). The van der Waals surface area contributed by atoms with Crippen LogP contribution in [0.25, 0.3) is 6.08 Å². The lowest BCUT2D eigenvalue weighted by atomic mass is 10.1. The van der Waals surface area contributed by atoms with Gasteiger partial charge in [-0.25, -0.2) is 0 Å². The summed E-state index contributed by atoms with van der Waals surface area (Å²) >= 11 is 0. The molecule has 13 heteroatoms. The minimum absolute atomic E-state index is 0.113. The molecule has 3 aromatic rings. The number of fused-ring (bicyclic) bond motifs is 1. The average molecular weight is 552 g/mol. The van der Waals surface area contributed by atoms with Gasteiger partial charge in [-0.1, -0.05) is 12.1 Å². The third-order valence-corrected chi connectivity index (χ3v) is 5.38. The van der Waals surface area contributed by atoms with Crippen LogP contribution in [0.4, 0.5) is 37.7 Å². The minimum Gasteiger partial charge on any atom is -0.493 e. The van der Waals surface area contributed by atoms with E-state index in [0.29, 0.717) is 12.1 Å². The SMILES string of the molecule is COc1cc(C=C(C(=O)Nc2cccc(C(F)(F)F)c2)C(=O)Nc2cccc(C(F)(F)F)c2)cc2c1OCO2. The van der Waals surface area contributed by atoms with Crippen LogP contribution in [0.15, 0.2) is 66.2 Å². The number of amides is 2. The first-order chi connectivity index (χ1) is 18.3. The number of rotatable bonds is 6. The molecule has 39 heavy (non-hydrogen) atoms. The highest BCUT2D eigenvalue weighted by atomic mass is 19.4. The Morgan fingerprint density at radius 3 is 1.85 bits per heavy atom. The van der Waals surface area contributed by atoms with Crippen LogP contribution in [-0.2, 0) is 21.9 Å². The Kier molecular flexibility index (Phi) is 7.43. The Morgan fingerprint density at radius 2 is 1.36 bits per heavy atom. The van der Waals surface area contributed by atoms with E-state index in [9.17, 15) is 35.9 Å². The van der Waals surface area contributed by atoms with E-state index in [1.165, 1.54) is 31.4 Å². The van der Waals surface area contributed by atoms with Crippen molar-refractivity contribution in [3.05, 3.63) is 82.9 Å². The maximum Gasteiger partial charge on any atom is 0.416 e. The van der Waals surface area contributed by atoms with Gasteiger partial charge in [0.15, 0.2) is 11.5 Å². The number of alkyl halides is 6. The van der Waals surface area contributed by atoms with E-state index in [-0.39, 0.29) is 41.0 Å². The molecular weight excluding hydrogens is 534 g/mol. The molecule has 0 saturated heterocycles. The van der Waals surface area contributed by atoms with Crippen molar-refractivity contribution in [1.29, 1.82) is 0 Å². The molecule has 2 amide bonds. The molecule has 2 N–H and O–H groups in total. The van der Waals surface area contributed by atoms with Gasteiger partial charge >= 0.3 is 12.4 Å². The molecule has 0 atom stereocenters. The van der Waals surface area contributed by atoms with Crippen LogP contribution in [0.5, 0.6) is 17.2 Å².